The molecule has 2 heterocycles. The molecular weight excluding hydrogens is 681 g/mol. The van der Waals surface area contributed by atoms with Crippen LogP contribution in [0.25, 0.3) is 11.3 Å². The van der Waals surface area contributed by atoms with E-state index < -0.39 is 32.6 Å². The van der Waals surface area contributed by atoms with Gasteiger partial charge in [0.1, 0.15) is 27.5 Å². The number of thiazole rings is 1. The number of aromatic nitrogens is 1. The van der Waals surface area contributed by atoms with Crippen LogP contribution >= 0.6 is 11.3 Å². The summed E-state index contributed by atoms with van der Waals surface area (Å²) in [6, 6.07) is 42.1. The van der Waals surface area contributed by atoms with Gasteiger partial charge in [-0.15, -0.1) is 0 Å². The number of carbonyl (C=O) groups is 2. The van der Waals surface area contributed by atoms with Crippen LogP contribution in [0.5, 0.6) is 5.75 Å². The van der Waals surface area contributed by atoms with E-state index in [-0.39, 0.29) is 17.1 Å². The van der Waals surface area contributed by atoms with Crippen molar-refractivity contribution in [2.24, 2.45) is 0 Å². The number of carbonyl (C=O) groups excluding carboxylic acids is 2. The second-order valence-corrected chi connectivity index (χ2v) is 15.2. The molecule has 256 valence electrons. The van der Waals surface area contributed by atoms with Crippen molar-refractivity contribution in [3.05, 3.63) is 167 Å². The van der Waals surface area contributed by atoms with E-state index in [0.29, 0.717) is 43.7 Å². The number of sulfone groups is 1. The average Bonchev–Trinajstić information content (AvgIpc) is 3.80. The third kappa shape index (κ3) is 5.90. The predicted octanol–water partition coefficient (Wildman–Crippen LogP) is 7.59. The first-order chi connectivity index (χ1) is 24.8. The Bertz CT molecular complexity index is 2220. The fraction of sp³-hybridized carbons (Fsp3) is 0.146. The maximum Gasteiger partial charge on any atom is 0.328 e. The van der Waals surface area contributed by atoms with Crippen LogP contribution in [0.3, 0.4) is 0 Å². The lowest BCUT2D eigenvalue weighted by Crippen LogP contribution is -2.54. The molecule has 6 aromatic rings. The van der Waals surface area contributed by atoms with Crippen LogP contribution in [0.4, 0.5) is 5.13 Å². The molecule has 8 nitrogen and oxygen atoms in total. The molecular formula is C41H34N2O6S2. The van der Waals surface area contributed by atoms with Gasteiger partial charge in [0, 0.05) is 11.1 Å². The number of rotatable bonds is 10. The first kappa shape index (κ1) is 33.9. The highest BCUT2D eigenvalue weighted by Gasteiger charge is 2.63. The van der Waals surface area contributed by atoms with E-state index in [1.165, 1.54) is 7.11 Å². The number of ether oxygens (including phenoxy) is 2. The molecule has 0 radical (unpaired) electrons. The highest BCUT2D eigenvalue weighted by molar-refractivity contribution is 7.92. The van der Waals surface area contributed by atoms with E-state index in [1.807, 2.05) is 91.0 Å². The molecule has 2 atom stereocenters. The Kier molecular flexibility index (Phi) is 9.29. The lowest BCUT2D eigenvalue weighted by molar-refractivity contribution is -0.142. The van der Waals surface area contributed by atoms with Crippen molar-refractivity contribution in [2.45, 2.75) is 28.1 Å². The first-order valence-corrected chi connectivity index (χ1v) is 18.7. The van der Waals surface area contributed by atoms with E-state index in [4.69, 9.17) is 14.5 Å². The van der Waals surface area contributed by atoms with Crippen molar-refractivity contribution in [3.8, 4) is 17.0 Å². The Balaban J connectivity index is 1.55. The minimum atomic E-state index is -4.13. The summed E-state index contributed by atoms with van der Waals surface area (Å²) in [5.74, 6) is -0.275. The van der Waals surface area contributed by atoms with Gasteiger partial charge in [-0.1, -0.05) is 121 Å². The van der Waals surface area contributed by atoms with Gasteiger partial charge >= 0.3 is 5.97 Å². The maximum absolute atomic E-state index is 15.0. The number of nitrogens with zero attached hydrogens (tertiary/aromatic N) is 2. The van der Waals surface area contributed by atoms with Gasteiger partial charge in [-0.05, 0) is 53.9 Å². The standard InChI is InChI=1S/C41H34N2O6S2/c1-48-32-25-23-29(24-26-32)37(44)38-36(28-15-7-3-8-16-28)42-40(50-38)43-34(39(45)49-2)27-35(51(46,47)33-21-13-6-14-22-33)41(43,30-17-9-4-10-18-30)31-19-11-5-12-20-31/h3-26,34-35H,27H2,1-2H3/t34-,35-/m1/s1. The van der Waals surface area contributed by atoms with Gasteiger partial charge in [0.2, 0.25) is 5.78 Å². The zero-order chi connectivity index (χ0) is 35.6. The average molecular weight is 715 g/mol. The molecule has 0 N–H and O–H groups in total. The van der Waals surface area contributed by atoms with E-state index >= 15 is 8.42 Å². The molecule has 7 rings (SSSR count). The summed E-state index contributed by atoms with van der Waals surface area (Å²) in [7, 11) is -1.28. The number of hydrogen-bond donors (Lipinski definition) is 0. The summed E-state index contributed by atoms with van der Waals surface area (Å²) in [5.41, 5.74) is 1.35. The Morgan fingerprint density at radius 1 is 0.745 bits per heavy atom. The van der Waals surface area contributed by atoms with Crippen LogP contribution in [-0.2, 0) is 24.9 Å². The minimum Gasteiger partial charge on any atom is -0.497 e. The summed E-state index contributed by atoms with van der Waals surface area (Å²) >= 11 is 1.13. The second kappa shape index (κ2) is 14.0. The second-order valence-electron chi connectivity index (χ2n) is 12.1. The Morgan fingerprint density at radius 2 is 1.27 bits per heavy atom. The number of hydrogen-bond acceptors (Lipinski definition) is 9. The fourth-order valence-electron chi connectivity index (χ4n) is 7.06. The number of ketones is 1. The smallest absolute Gasteiger partial charge is 0.328 e. The van der Waals surface area contributed by atoms with Crippen LogP contribution in [0.15, 0.2) is 150 Å². The highest BCUT2D eigenvalue weighted by Crippen LogP contribution is 2.55. The molecule has 5 aromatic carbocycles. The lowest BCUT2D eigenvalue weighted by Gasteiger charge is -2.44. The molecule has 1 fully saturated rings. The molecule has 1 aromatic heterocycles. The number of esters is 1. The van der Waals surface area contributed by atoms with Crippen LogP contribution in [0.1, 0.15) is 32.8 Å². The zero-order valence-electron chi connectivity index (χ0n) is 27.9. The summed E-state index contributed by atoms with van der Waals surface area (Å²) < 4.78 is 40.7. The van der Waals surface area contributed by atoms with Gasteiger partial charge in [0.05, 0.1) is 24.8 Å². The molecule has 0 saturated carbocycles. The summed E-state index contributed by atoms with van der Waals surface area (Å²) in [6.45, 7) is 0. The van der Waals surface area contributed by atoms with Crippen molar-refractivity contribution in [3.63, 3.8) is 0 Å². The van der Waals surface area contributed by atoms with Crippen LogP contribution < -0.4 is 9.64 Å². The van der Waals surface area contributed by atoms with Crippen LogP contribution in [-0.4, -0.2) is 50.7 Å². The van der Waals surface area contributed by atoms with E-state index in [2.05, 4.69) is 0 Å². The van der Waals surface area contributed by atoms with E-state index in [1.54, 1.807) is 66.6 Å². The SMILES string of the molecule is COC(=O)[C@H]1C[C@@H](S(=O)(=O)c2ccccc2)C(c2ccccc2)(c2ccccc2)N1c1nc(-c2ccccc2)c(C(=O)c2ccc(OC)cc2)s1. The Hall–Kier alpha value is -5.58. The van der Waals surface area contributed by atoms with Crippen molar-refractivity contribution < 1.29 is 27.5 Å². The largest absolute Gasteiger partial charge is 0.497 e. The minimum absolute atomic E-state index is 0.101. The van der Waals surface area contributed by atoms with E-state index in [0.717, 1.165) is 11.3 Å². The molecule has 1 saturated heterocycles. The Morgan fingerprint density at radius 3 is 1.80 bits per heavy atom. The lowest BCUT2D eigenvalue weighted by atomic mass is 9.80. The van der Waals surface area contributed by atoms with Gasteiger partial charge in [-0.25, -0.2) is 18.2 Å². The molecule has 1 aliphatic rings. The quantitative estimate of drug-likeness (QED) is 0.106. The normalized spacial score (nSPS) is 16.8. The number of anilines is 1. The summed E-state index contributed by atoms with van der Waals surface area (Å²) in [5, 5.41) is -0.870. The molecule has 51 heavy (non-hydrogen) atoms. The first-order valence-electron chi connectivity index (χ1n) is 16.3. The third-order valence-electron chi connectivity index (χ3n) is 9.37. The van der Waals surface area contributed by atoms with Crippen LogP contribution in [0, 0.1) is 0 Å². The monoisotopic (exact) mass is 714 g/mol. The summed E-state index contributed by atoms with van der Waals surface area (Å²) in [4.78, 5) is 35.8. The van der Waals surface area contributed by atoms with Gasteiger partial charge in [0.15, 0.2) is 15.0 Å². The van der Waals surface area contributed by atoms with Gasteiger partial charge in [-0.3, -0.25) is 4.79 Å². The molecule has 0 unspecified atom stereocenters. The predicted molar refractivity (Wildman–Crippen MR) is 198 cm³/mol. The van der Waals surface area contributed by atoms with Gasteiger partial charge in [-0.2, -0.15) is 0 Å². The van der Waals surface area contributed by atoms with Crippen molar-refractivity contribution in [1.82, 2.24) is 4.98 Å². The topological polar surface area (TPSA) is 103 Å². The van der Waals surface area contributed by atoms with Crippen molar-refractivity contribution >= 4 is 38.1 Å². The molecule has 0 amide bonds. The molecule has 0 spiro atoms. The summed E-state index contributed by atoms with van der Waals surface area (Å²) in [6.07, 6.45) is -0.101. The molecule has 0 aliphatic carbocycles. The maximum atomic E-state index is 15.0. The van der Waals surface area contributed by atoms with Gasteiger partial charge in [0.25, 0.3) is 0 Å². The van der Waals surface area contributed by atoms with Crippen LogP contribution in [0.2, 0.25) is 0 Å². The molecule has 10 heteroatoms. The molecule has 1 aliphatic heterocycles. The third-order valence-corrected chi connectivity index (χ3v) is 12.6. The van der Waals surface area contributed by atoms with Crippen molar-refractivity contribution in [1.29, 1.82) is 0 Å². The van der Waals surface area contributed by atoms with E-state index in [9.17, 15) is 9.59 Å². The van der Waals surface area contributed by atoms with Gasteiger partial charge < -0.3 is 14.4 Å². The fourth-order valence-corrected chi connectivity index (χ4v) is 10.4. The molecule has 0 bridgehead atoms. The van der Waals surface area contributed by atoms with Crippen molar-refractivity contribution in [2.75, 3.05) is 19.1 Å². The highest BCUT2D eigenvalue weighted by atomic mass is 32.2. The number of methoxy groups -OCH3 is 2. The zero-order valence-corrected chi connectivity index (χ0v) is 29.5. The number of benzene rings is 5. The Labute approximate surface area is 300 Å².